The molecule has 0 bridgehead atoms. The van der Waals surface area contributed by atoms with Gasteiger partial charge >= 0.3 is 6.18 Å². The zero-order valence-corrected chi connectivity index (χ0v) is 14.0. The third-order valence-corrected chi connectivity index (χ3v) is 5.20. The van der Waals surface area contributed by atoms with Crippen LogP contribution in [0.1, 0.15) is 49.1 Å². The van der Waals surface area contributed by atoms with E-state index in [0.29, 0.717) is 44.1 Å². The molecule has 1 saturated heterocycles. The van der Waals surface area contributed by atoms with Crippen molar-refractivity contribution >= 4 is 11.7 Å². The minimum atomic E-state index is -4.19. The molecule has 1 heterocycles. The second-order valence-corrected chi connectivity index (χ2v) is 7.22. The van der Waals surface area contributed by atoms with Crippen molar-refractivity contribution in [2.75, 3.05) is 13.1 Å². The molecule has 1 aromatic rings. The molecule has 1 amide bonds. The fourth-order valence-electron chi connectivity index (χ4n) is 3.66. The Morgan fingerprint density at radius 2 is 1.84 bits per heavy atom. The van der Waals surface area contributed by atoms with Crippen LogP contribution in [0, 0.1) is 5.92 Å². The summed E-state index contributed by atoms with van der Waals surface area (Å²) in [5, 5.41) is 0. The largest absolute Gasteiger partial charge is 0.393 e. The van der Waals surface area contributed by atoms with Gasteiger partial charge in [-0.15, -0.1) is 0 Å². The lowest BCUT2D eigenvalue weighted by atomic mass is 9.90. The van der Waals surface area contributed by atoms with Crippen LogP contribution in [0.4, 0.5) is 13.2 Å². The van der Waals surface area contributed by atoms with E-state index in [9.17, 15) is 22.8 Å². The molecular formula is C19H22F3NO2. The van der Waals surface area contributed by atoms with Crippen LogP contribution in [-0.4, -0.2) is 35.9 Å². The third-order valence-electron chi connectivity index (χ3n) is 5.20. The van der Waals surface area contributed by atoms with Crippen LogP contribution >= 0.6 is 0 Å². The van der Waals surface area contributed by atoms with E-state index in [1.165, 1.54) is 12.1 Å². The Morgan fingerprint density at radius 1 is 1.16 bits per heavy atom. The zero-order chi connectivity index (χ0) is 18.0. The second-order valence-electron chi connectivity index (χ2n) is 7.22. The molecular weight excluding hydrogens is 331 g/mol. The van der Waals surface area contributed by atoms with Gasteiger partial charge < -0.3 is 4.90 Å². The summed E-state index contributed by atoms with van der Waals surface area (Å²) in [7, 11) is 0. The topological polar surface area (TPSA) is 37.4 Å². The number of hydrogen-bond acceptors (Lipinski definition) is 2. The second kappa shape index (κ2) is 7.18. The van der Waals surface area contributed by atoms with Crippen molar-refractivity contribution in [2.24, 2.45) is 5.92 Å². The smallest absolute Gasteiger partial charge is 0.341 e. The number of amides is 1. The van der Waals surface area contributed by atoms with Gasteiger partial charge in [-0.05, 0) is 29.9 Å². The molecule has 0 aromatic heterocycles. The van der Waals surface area contributed by atoms with Crippen LogP contribution in [0.2, 0.25) is 0 Å². The number of halogens is 3. The minimum absolute atomic E-state index is 0.115. The van der Waals surface area contributed by atoms with Crippen molar-refractivity contribution in [1.82, 2.24) is 4.90 Å². The SMILES string of the molecule is O=C1CCC(CCC(=O)N2CC(c3ccc(CC(F)(F)F)cc3)C2)C1. The average Bonchev–Trinajstić information content (AvgIpc) is 2.89. The molecule has 6 heteroatoms. The number of hydrogen-bond donors (Lipinski definition) is 0. The van der Waals surface area contributed by atoms with E-state index in [0.717, 1.165) is 18.4 Å². The molecule has 25 heavy (non-hydrogen) atoms. The Hall–Kier alpha value is -1.85. The summed E-state index contributed by atoms with van der Waals surface area (Å²) in [6, 6.07) is 6.50. The molecule has 0 N–H and O–H groups in total. The van der Waals surface area contributed by atoms with E-state index < -0.39 is 12.6 Å². The zero-order valence-electron chi connectivity index (χ0n) is 14.0. The Bertz CT molecular complexity index is 633. The molecule has 0 radical (unpaired) electrons. The maximum absolute atomic E-state index is 12.4. The number of rotatable bonds is 5. The molecule has 1 aromatic carbocycles. The van der Waals surface area contributed by atoms with Crippen molar-refractivity contribution in [3.8, 4) is 0 Å². The van der Waals surface area contributed by atoms with Gasteiger partial charge in [0.15, 0.2) is 0 Å². The van der Waals surface area contributed by atoms with Crippen LogP contribution in [-0.2, 0) is 16.0 Å². The maximum Gasteiger partial charge on any atom is 0.393 e. The number of carbonyl (C=O) groups excluding carboxylic acids is 2. The minimum Gasteiger partial charge on any atom is -0.341 e. The van der Waals surface area contributed by atoms with Crippen LogP contribution in [0.5, 0.6) is 0 Å². The predicted molar refractivity (Wildman–Crippen MR) is 87.1 cm³/mol. The van der Waals surface area contributed by atoms with Crippen molar-refractivity contribution in [2.45, 2.75) is 50.6 Å². The molecule has 1 unspecified atom stereocenters. The number of benzene rings is 1. The highest BCUT2D eigenvalue weighted by Gasteiger charge is 2.33. The third kappa shape index (κ3) is 4.83. The highest BCUT2D eigenvalue weighted by atomic mass is 19.4. The van der Waals surface area contributed by atoms with Crippen LogP contribution in [0.15, 0.2) is 24.3 Å². The molecule has 3 nitrogen and oxygen atoms in total. The Balaban J connectivity index is 1.42. The Kier molecular flexibility index (Phi) is 5.16. The van der Waals surface area contributed by atoms with Gasteiger partial charge in [-0.2, -0.15) is 13.2 Å². The van der Waals surface area contributed by atoms with Crippen molar-refractivity contribution in [3.05, 3.63) is 35.4 Å². The van der Waals surface area contributed by atoms with Crippen molar-refractivity contribution < 1.29 is 22.8 Å². The molecule has 0 spiro atoms. The van der Waals surface area contributed by atoms with Gasteiger partial charge in [0.25, 0.3) is 0 Å². The van der Waals surface area contributed by atoms with Crippen molar-refractivity contribution in [1.29, 1.82) is 0 Å². The molecule has 1 saturated carbocycles. The van der Waals surface area contributed by atoms with Gasteiger partial charge in [0.2, 0.25) is 5.91 Å². The van der Waals surface area contributed by atoms with E-state index >= 15 is 0 Å². The predicted octanol–water partition coefficient (Wildman–Crippen LogP) is 3.87. The maximum atomic E-state index is 12.4. The summed E-state index contributed by atoms with van der Waals surface area (Å²) in [6.45, 7) is 1.25. The van der Waals surface area contributed by atoms with E-state index in [-0.39, 0.29) is 17.4 Å². The first-order valence-electron chi connectivity index (χ1n) is 8.75. The summed E-state index contributed by atoms with van der Waals surface area (Å²) in [4.78, 5) is 25.2. The van der Waals surface area contributed by atoms with Crippen LogP contribution in [0.3, 0.4) is 0 Å². The summed E-state index contributed by atoms with van der Waals surface area (Å²) in [6.07, 6.45) is -1.68. The number of Topliss-reactive ketones (excluding diaryl/α,β-unsaturated/α-hetero) is 1. The first-order chi connectivity index (χ1) is 11.8. The van der Waals surface area contributed by atoms with Gasteiger partial charge in [0.05, 0.1) is 6.42 Å². The highest BCUT2D eigenvalue weighted by Crippen LogP contribution is 2.31. The molecule has 1 atom stereocenters. The Labute approximate surface area is 145 Å². The van der Waals surface area contributed by atoms with Gasteiger partial charge in [0, 0.05) is 38.3 Å². The quantitative estimate of drug-likeness (QED) is 0.806. The van der Waals surface area contributed by atoms with Gasteiger partial charge in [-0.25, -0.2) is 0 Å². The monoisotopic (exact) mass is 353 g/mol. The number of nitrogens with zero attached hydrogens (tertiary/aromatic N) is 1. The molecule has 1 aliphatic heterocycles. The number of likely N-dealkylation sites (tertiary alicyclic amines) is 1. The molecule has 3 rings (SSSR count). The fraction of sp³-hybridized carbons (Fsp3) is 0.579. The summed E-state index contributed by atoms with van der Waals surface area (Å²) < 4.78 is 37.1. The van der Waals surface area contributed by atoms with E-state index in [1.54, 1.807) is 17.0 Å². The standard InChI is InChI=1S/C19H22F3NO2/c20-19(21,22)10-14-1-5-15(6-2-14)16-11-23(12-16)18(25)8-4-13-3-7-17(24)9-13/h1-2,5-6,13,16H,3-4,7-12H2. The molecule has 136 valence electrons. The number of ketones is 1. The first kappa shape index (κ1) is 18.0. The summed E-state index contributed by atoms with van der Waals surface area (Å²) in [5.41, 5.74) is 1.24. The van der Waals surface area contributed by atoms with E-state index in [1.807, 2.05) is 0 Å². The lowest BCUT2D eigenvalue weighted by Gasteiger charge is -2.40. The molecule has 2 aliphatic rings. The van der Waals surface area contributed by atoms with Gasteiger partial charge in [0.1, 0.15) is 5.78 Å². The number of carbonyl (C=O) groups is 2. The van der Waals surface area contributed by atoms with E-state index in [4.69, 9.17) is 0 Å². The highest BCUT2D eigenvalue weighted by molar-refractivity contribution is 5.81. The lowest BCUT2D eigenvalue weighted by Crippen LogP contribution is -2.48. The van der Waals surface area contributed by atoms with Gasteiger partial charge in [-0.1, -0.05) is 24.3 Å². The first-order valence-corrected chi connectivity index (χ1v) is 8.75. The molecule has 2 fully saturated rings. The Morgan fingerprint density at radius 3 is 2.40 bits per heavy atom. The molecule has 1 aliphatic carbocycles. The van der Waals surface area contributed by atoms with Gasteiger partial charge in [-0.3, -0.25) is 9.59 Å². The fourth-order valence-corrected chi connectivity index (χ4v) is 3.66. The summed E-state index contributed by atoms with van der Waals surface area (Å²) in [5.74, 6) is 0.978. The normalized spacial score (nSPS) is 21.5. The van der Waals surface area contributed by atoms with Crippen molar-refractivity contribution in [3.63, 3.8) is 0 Å². The van der Waals surface area contributed by atoms with Crippen LogP contribution < -0.4 is 0 Å². The summed E-state index contributed by atoms with van der Waals surface area (Å²) >= 11 is 0. The van der Waals surface area contributed by atoms with E-state index in [2.05, 4.69) is 0 Å². The number of alkyl halides is 3. The lowest BCUT2D eigenvalue weighted by molar-refractivity contribution is -0.136. The van der Waals surface area contributed by atoms with Crippen LogP contribution in [0.25, 0.3) is 0 Å². The average molecular weight is 353 g/mol.